The molecule has 1 aromatic heterocycles. The first kappa shape index (κ1) is 12.6. The lowest BCUT2D eigenvalue weighted by molar-refractivity contribution is 0.230. The first-order valence-electron chi connectivity index (χ1n) is 6.51. The predicted octanol–water partition coefficient (Wildman–Crippen LogP) is 1.09. The minimum Gasteiger partial charge on any atom is -0.333 e. The molecule has 96 valence electrons. The van der Waals surface area contributed by atoms with E-state index in [1.54, 1.807) is 0 Å². The van der Waals surface area contributed by atoms with Crippen molar-refractivity contribution in [3.63, 3.8) is 0 Å². The summed E-state index contributed by atoms with van der Waals surface area (Å²) in [7, 11) is 0. The summed E-state index contributed by atoms with van der Waals surface area (Å²) >= 11 is 0. The second-order valence-electron chi connectivity index (χ2n) is 5.81. The van der Waals surface area contributed by atoms with Crippen molar-refractivity contribution in [2.45, 2.75) is 32.7 Å². The van der Waals surface area contributed by atoms with Crippen LogP contribution in [0.5, 0.6) is 0 Å². The van der Waals surface area contributed by atoms with Crippen LogP contribution in [0.15, 0.2) is 12.5 Å². The standard InChI is InChI=1S/C13H24N4/c1-13(2,3)12-10-15-11-17(12)9-8-16-6-4-14-5-7-16/h10-11,14H,4-9H2,1-3H3. The van der Waals surface area contributed by atoms with Crippen molar-refractivity contribution >= 4 is 0 Å². The number of rotatable bonds is 3. The Bertz CT molecular complexity index is 345. The maximum Gasteiger partial charge on any atom is 0.0948 e. The van der Waals surface area contributed by atoms with Crippen molar-refractivity contribution in [1.82, 2.24) is 19.8 Å². The Morgan fingerprint density at radius 3 is 2.59 bits per heavy atom. The zero-order valence-electron chi connectivity index (χ0n) is 11.2. The molecular formula is C13H24N4. The molecule has 17 heavy (non-hydrogen) atoms. The number of hydrogen-bond acceptors (Lipinski definition) is 3. The first-order valence-corrected chi connectivity index (χ1v) is 6.51. The van der Waals surface area contributed by atoms with E-state index in [0.29, 0.717) is 0 Å². The molecule has 0 bridgehead atoms. The van der Waals surface area contributed by atoms with Crippen molar-refractivity contribution in [3.8, 4) is 0 Å². The van der Waals surface area contributed by atoms with E-state index >= 15 is 0 Å². The number of piperazine rings is 1. The van der Waals surface area contributed by atoms with E-state index in [1.807, 2.05) is 12.5 Å². The van der Waals surface area contributed by atoms with Gasteiger partial charge in [-0.1, -0.05) is 20.8 Å². The molecule has 2 heterocycles. The molecule has 0 unspecified atom stereocenters. The summed E-state index contributed by atoms with van der Waals surface area (Å²) in [5, 5.41) is 3.38. The molecule has 0 amide bonds. The highest BCUT2D eigenvalue weighted by atomic mass is 15.2. The third-order valence-electron chi connectivity index (χ3n) is 3.35. The Labute approximate surface area is 104 Å². The van der Waals surface area contributed by atoms with Crippen LogP contribution in [0.3, 0.4) is 0 Å². The average Bonchev–Trinajstić information content (AvgIpc) is 2.75. The topological polar surface area (TPSA) is 33.1 Å². The van der Waals surface area contributed by atoms with Crippen molar-refractivity contribution < 1.29 is 0 Å². The molecule has 0 radical (unpaired) electrons. The third-order valence-corrected chi connectivity index (χ3v) is 3.35. The molecule has 1 aromatic rings. The molecule has 0 spiro atoms. The fraction of sp³-hybridized carbons (Fsp3) is 0.769. The summed E-state index contributed by atoms with van der Waals surface area (Å²) in [6, 6.07) is 0. The highest BCUT2D eigenvalue weighted by molar-refractivity contribution is 5.10. The van der Waals surface area contributed by atoms with Crippen molar-refractivity contribution in [3.05, 3.63) is 18.2 Å². The highest BCUT2D eigenvalue weighted by Gasteiger charge is 2.18. The Morgan fingerprint density at radius 1 is 1.24 bits per heavy atom. The van der Waals surface area contributed by atoms with Crippen LogP contribution >= 0.6 is 0 Å². The van der Waals surface area contributed by atoms with Crippen LogP contribution in [0.2, 0.25) is 0 Å². The number of aromatic nitrogens is 2. The van der Waals surface area contributed by atoms with E-state index in [0.717, 1.165) is 26.2 Å². The maximum absolute atomic E-state index is 4.28. The fourth-order valence-electron chi connectivity index (χ4n) is 2.31. The molecule has 4 heteroatoms. The molecule has 1 N–H and O–H groups in total. The lowest BCUT2D eigenvalue weighted by atomic mass is 9.92. The third kappa shape index (κ3) is 3.30. The average molecular weight is 236 g/mol. The quantitative estimate of drug-likeness (QED) is 0.853. The first-order chi connectivity index (χ1) is 8.07. The Kier molecular flexibility index (Phi) is 3.84. The van der Waals surface area contributed by atoms with Gasteiger partial charge in [0.25, 0.3) is 0 Å². The van der Waals surface area contributed by atoms with Gasteiger partial charge in [0.1, 0.15) is 0 Å². The van der Waals surface area contributed by atoms with E-state index in [2.05, 4.69) is 40.5 Å². The van der Waals surface area contributed by atoms with Crippen molar-refractivity contribution in [2.24, 2.45) is 0 Å². The lowest BCUT2D eigenvalue weighted by Gasteiger charge is -2.28. The van der Waals surface area contributed by atoms with Crippen LogP contribution in [0.1, 0.15) is 26.5 Å². The fourth-order valence-corrected chi connectivity index (χ4v) is 2.31. The number of hydrogen-bond donors (Lipinski definition) is 1. The highest BCUT2D eigenvalue weighted by Crippen LogP contribution is 2.21. The molecule has 0 aromatic carbocycles. The van der Waals surface area contributed by atoms with Gasteiger partial charge in [0.15, 0.2) is 0 Å². The summed E-state index contributed by atoms with van der Waals surface area (Å²) in [5.74, 6) is 0. The molecule has 0 atom stereocenters. The van der Waals surface area contributed by atoms with Gasteiger partial charge >= 0.3 is 0 Å². The van der Waals surface area contributed by atoms with Crippen LogP contribution in [-0.4, -0.2) is 47.2 Å². The summed E-state index contributed by atoms with van der Waals surface area (Å²) in [5.41, 5.74) is 1.51. The maximum atomic E-state index is 4.28. The van der Waals surface area contributed by atoms with Gasteiger partial charge < -0.3 is 9.88 Å². The van der Waals surface area contributed by atoms with Gasteiger partial charge in [-0.2, -0.15) is 0 Å². The van der Waals surface area contributed by atoms with Crippen molar-refractivity contribution in [2.75, 3.05) is 32.7 Å². The van der Waals surface area contributed by atoms with Crippen molar-refractivity contribution in [1.29, 1.82) is 0 Å². The van der Waals surface area contributed by atoms with E-state index in [4.69, 9.17) is 0 Å². The Hall–Kier alpha value is -0.870. The minimum atomic E-state index is 0.181. The van der Waals surface area contributed by atoms with Crippen LogP contribution in [0, 0.1) is 0 Å². The molecule has 4 nitrogen and oxygen atoms in total. The number of imidazole rings is 1. The minimum absolute atomic E-state index is 0.181. The van der Waals surface area contributed by atoms with Gasteiger partial charge in [-0.15, -0.1) is 0 Å². The summed E-state index contributed by atoms with van der Waals surface area (Å²) in [4.78, 5) is 6.80. The lowest BCUT2D eigenvalue weighted by Crippen LogP contribution is -2.44. The monoisotopic (exact) mass is 236 g/mol. The number of nitrogens with zero attached hydrogens (tertiary/aromatic N) is 3. The smallest absolute Gasteiger partial charge is 0.0948 e. The molecular weight excluding hydrogens is 212 g/mol. The predicted molar refractivity (Wildman–Crippen MR) is 70.2 cm³/mol. The zero-order chi connectivity index (χ0) is 12.3. The molecule has 1 aliphatic heterocycles. The Balaban J connectivity index is 1.92. The summed E-state index contributed by atoms with van der Waals surface area (Å²) in [6.07, 6.45) is 3.96. The molecule has 1 aliphatic rings. The SMILES string of the molecule is CC(C)(C)c1cncn1CCN1CCNCC1. The van der Waals surface area contributed by atoms with E-state index < -0.39 is 0 Å². The van der Waals surface area contributed by atoms with Crippen LogP contribution < -0.4 is 5.32 Å². The van der Waals surface area contributed by atoms with E-state index in [1.165, 1.54) is 18.8 Å². The molecule has 2 rings (SSSR count). The Morgan fingerprint density at radius 2 is 1.94 bits per heavy atom. The van der Waals surface area contributed by atoms with Gasteiger partial charge in [-0.25, -0.2) is 4.98 Å². The van der Waals surface area contributed by atoms with Gasteiger partial charge in [-0.05, 0) is 0 Å². The summed E-state index contributed by atoms with van der Waals surface area (Å²) in [6.45, 7) is 13.5. The molecule has 0 aliphatic carbocycles. The van der Waals surface area contributed by atoms with Gasteiger partial charge in [-0.3, -0.25) is 4.90 Å². The van der Waals surface area contributed by atoms with Gasteiger partial charge in [0.2, 0.25) is 0 Å². The second-order valence-corrected chi connectivity index (χ2v) is 5.81. The van der Waals surface area contributed by atoms with E-state index in [-0.39, 0.29) is 5.41 Å². The number of nitrogens with one attached hydrogen (secondary N) is 1. The van der Waals surface area contributed by atoms with Crippen LogP contribution in [-0.2, 0) is 12.0 Å². The van der Waals surface area contributed by atoms with Gasteiger partial charge in [0.05, 0.1) is 6.33 Å². The van der Waals surface area contributed by atoms with Crippen LogP contribution in [0.25, 0.3) is 0 Å². The second kappa shape index (κ2) is 5.19. The molecule has 1 fully saturated rings. The zero-order valence-corrected chi connectivity index (χ0v) is 11.2. The summed E-state index contributed by atoms with van der Waals surface area (Å²) < 4.78 is 2.29. The van der Waals surface area contributed by atoms with E-state index in [9.17, 15) is 0 Å². The largest absolute Gasteiger partial charge is 0.333 e. The normalized spacial score (nSPS) is 18.5. The molecule has 1 saturated heterocycles. The van der Waals surface area contributed by atoms with Crippen LogP contribution in [0.4, 0.5) is 0 Å². The molecule has 0 saturated carbocycles. The van der Waals surface area contributed by atoms with Gasteiger partial charge in [0, 0.05) is 56.6 Å².